The van der Waals surface area contributed by atoms with Gasteiger partial charge in [-0.05, 0) is 32.9 Å². The molecular weight excluding hydrogens is 386 g/mol. The highest BCUT2D eigenvalue weighted by molar-refractivity contribution is 5.94. The molecule has 0 heterocycles. The van der Waals surface area contributed by atoms with Crippen LogP contribution in [0.25, 0.3) is 0 Å². The molecule has 2 aromatic carbocycles. The van der Waals surface area contributed by atoms with Crippen molar-refractivity contribution in [2.75, 3.05) is 33.9 Å². The molecule has 0 unspecified atom stereocenters. The highest BCUT2D eigenvalue weighted by Gasteiger charge is 2.28. The Morgan fingerprint density at radius 2 is 1.40 bits per heavy atom. The maximum Gasteiger partial charge on any atom is 0.339 e. The van der Waals surface area contributed by atoms with Crippen molar-refractivity contribution < 1.29 is 28.5 Å². The summed E-state index contributed by atoms with van der Waals surface area (Å²) in [5.74, 6) is 0.196. The molecule has 0 N–H and O–H groups in total. The number of amides is 1. The smallest absolute Gasteiger partial charge is 0.339 e. The minimum Gasteiger partial charge on any atom is -0.490 e. The second-order valence-electron chi connectivity index (χ2n) is 6.53. The Bertz CT molecular complexity index is 823. The molecule has 0 aliphatic carbocycles. The normalized spacial score (nSPS) is 11.4. The Morgan fingerprint density at radius 1 is 0.867 bits per heavy atom. The van der Waals surface area contributed by atoms with E-state index < -0.39 is 12.1 Å². The number of nitrogens with zero attached hydrogens (tertiary/aromatic N) is 1. The summed E-state index contributed by atoms with van der Waals surface area (Å²) in [5, 5.41) is 0. The lowest BCUT2D eigenvalue weighted by Gasteiger charge is -2.22. The van der Waals surface area contributed by atoms with Crippen LogP contribution in [-0.2, 0) is 9.53 Å². The molecule has 1 amide bonds. The maximum atomic E-state index is 13.0. The first kappa shape index (κ1) is 23.1. The number of carbonyl (C=O) groups is 2. The first-order valence-electron chi connectivity index (χ1n) is 9.96. The topological polar surface area (TPSA) is 74.3 Å². The summed E-state index contributed by atoms with van der Waals surface area (Å²) in [5.41, 5.74) is 0.795. The summed E-state index contributed by atoms with van der Waals surface area (Å²) in [6.07, 6.45) is -1.06. The Labute approximate surface area is 177 Å². The van der Waals surface area contributed by atoms with E-state index >= 15 is 0 Å². The van der Waals surface area contributed by atoms with Gasteiger partial charge >= 0.3 is 5.97 Å². The van der Waals surface area contributed by atoms with Crippen LogP contribution >= 0.6 is 0 Å². The molecule has 0 fully saturated rings. The molecule has 0 aromatic heterocycles. The van der Waals surface area contributed by atoms with E-state index in [0.29, 0.717) is 42.6 Å². The lowest BCUT2D eigenvalue weighted by Crippen LogP contribution is -2.31. The molecule has 7 nitrogen and oxygen atoms in total. The lowest BCUT2D eigenvalue weighted by atomic mass is 10.1. The quantitative estimate of drug-likeness (QED) is 0.549. The highest BCUT2D eigenvalue weighted by atomic mass is 16.6. The van der Waals surface area contributed by atoms with Crippen LogP contribution < -0.4 is 14.2 Å². The van der Waals surface area contributed by atoms with Crippen LogP contribution in [0.15, 0.2) is 42.5 Å². The molecule has 0 aliphatic rings. The summed E-state index contributed by atoms with van der Waals surface area (Å²) in [6.45, 7) is 6.71. The molecule has 2 rings (SSSR count). The van der Waals surface area contributed by atoms with Gasteiger partial charge in [0.25, 0.3) is 5.91 Å². The molecule has 0 radical (unpaired) electrons. The largest absolute Gasteiger partial charge is 0.490 e. The van der Waals surface area contributed by atoms with E-state index in [9.17, 15) is 9.59 Å². The zero-order chi connectivity index (χ0) is 22.1. The van der Waals surface area contributed by atoms with Crippen molar-refractivity contribution in [3.05, 3.63) is 53.6 Å². The van der Waals surface area contributed by atoms with Crippen molar-refractivity contribution in [3.63, 3.8) is 0 Å². The fourth-order valence-electron chi connectivity index (χ4n) is 2.80. The molecule has 7 heteroatoms. The van der Waals surface area contributed by atoms with Gasteiger partial charge < -0.3 is 23.8 Å². The third kappa shape index (κ3) is 5.65. The standard InChI is InChI=1S/C23H29NO6/c1-6-27-18-14-17(15-19(28-7-2)21(18)29-8-3)23(26)30-20(22(25)24(4)5)16-12-10-9-11-13-16/h9-15,20H,6-8H2,1-5H3/t20-/m0/s1. The first-order chi connectivity index (χ1) is 14.4. The third-order valence-electron chi connectivity index (χ3n) is 4.14. The Balaban J connectivity index is 2.43. The van der Waals surface area contributed by atoms with Gasteiger partial charge in [-0.15, -0.1) is 0 Å². The molecule has 0 bridgehead atoms. The number of esters is 1. The van der Waals surface area contributed by atoms with E-state index in [-0.39, 0.29) is 11.5 Å². The van der Waals surface area contributed by atoms with E-state index in [1.54, 1.807) is 50.5 Å². The molecule has 2 aromatic rings. The van der Waals surface area contributed by atoms with Gasteiger partial charge in [-0.2, -0.15) is 0 Å². The van der Waals surface area contributed by atoms with E-state index in [2.05, 4.69) is 0 Å². The van der Waals surface area contributed by atoms with Gasteiger partial charge in [0.05, 0.1) is 25.4 Å². The van der Waals surface area contributed by atoms with Crippen LogP contribution in [0.2, 0.25) is 0 Å². The van der Waals surface area contributed by atoms with Gasteiger partial charge in [-0.25, -0.2) is 4.79 Å². The predicted molar refractivity (Wildman–Crippen MR) is 113 cm³/mol. The number of hydrogen-bond donors (Lipinski definition) is 0. The van der Waals surface area contributed by atoms with Gasteiger partial charge in [0.1, 0.15) is 0 Å². The second kappa shape index (κ2) is 11.1. The molecule has 0 saturated carbocycles. The molecular formula is C23H29NO6. The minimum absolute atomic E-state index is 0.206. The van der Waals surface area contributed by atoms with Gasteiger partial charge in [-0.3, -0.25) is 4.79 Å². The number of rotatable bonds is 10. The minimum atomic E-state index is -1.06. The monoisotopic (exact) mass is 415 g/mol. The fraction of sp³-hybridized carbons (Fsp3) is 0.391. The van der Waals surface area contributed by atoms with Gasteiger partial charge in [0.2, 0.25) is 11.9 Å². The number of carbonyl (C=O) groups excluding carboxylic acids is 2. The van der Waals surface area contributed by atoms with E-state index in [4.69, 9.17) is 18.9 Å². The van der Waals surface area contributed by atoms with Crippen molar-refractivity contribution in [1.29, 1.82) is 0 Å². The molecule has 0 saturated heterocycles. The van der Waals surface area contributed by atoms with Gasteiger partial charge in [0, 0.05) is 19.7 Å². The third-order valence-corrected chi connectivity index (χ3v) is 4.14. The summed E-state index contributed by atoms with van der Waals surface area (Å²) in [4.78, 5) is 27.0. The average Bonchev–Trinajstić information content (AvgIpc) is 2.74. The van der Waals surface area contributed by atoms with Crippen molar-refractivity contribution in [2.24, 2.45) is 0 Å². The van der Waals surface area contributed by atoms with Crippen LogP contribution in [-0.4, -0.2) is 50.7 Å². The van der Waals surface area contributed by atoms with E-state index in [0.717, 1.165) is 0 Å². The molecule has 0 spiro atoms. The van der Waals surface area contributed by atoms with Crippen LogP contribution in [0.4, 0.5) is 0 Å². The van der Waals surface area contributed by atoms with Crippen molar-refractivity contribution >= 4 is 11.9 Å². The number of hydrogen-bond acceptors (Lipinski definition) is 6. The Hall–Kier alpha value is -3.22. The maximum absolute atomic E-state index is 13.0. The van der Waals surface area contributed by atoms with Crippen LogP contribution in [0.5, 0.6) is 17.2 Å². The SMILES string of the molecule is CCOc1cc(C(=O)O[C@H](C(=O)N(C)C)c2ccccc2)cc(OCC)c1OCC. The zero-order valence-corrected chi connectivity index (χ0v) is 18.1. The van der Waals surface area contributed by atoms with E-state index in [1.165, 1.54) is 4.90 Å². The van der Waals surface area contributed by atoms with Gasteiger partial charge in [0.15, 0.2) is 11.5 Å². The summed E-state index contributed by atoms with van der Waals surface area (Å²) in [7, 11) is 3.23. The van der Waals surface area contributed by atoms with Crippen molar-refractivity contribution in [3.8, 4) is 17.2 Å². The number of benzene rings is 2. The van der Waals surface area contributed by atoms with E-state index in [1.807, 2.05) is 26.8 Å². The van der Waals surface area contributed by atoms with Crippen LogP contribution in [0.1, 0.15) is 42.8 Å². The zero-order valence-electron chi connectivity index (χ0n) is 18.1. The average molecular weight is 415 g/mol. The number of ether oxygens (including phenoxy) is 4. The molecule has 30 heavy (non-hydrogen) atoms. The van der Waals surface area contributed by atoms with Crippen molar-refractivity contribution in [1.82, 2.24) is 4.90 Å². The second-order valence-corrected chi connectivity index (χ2v) is 6.53. The summed E-state index contributed by atoms with van der Waals surface area (Å²) in [6, 6.07) is 12.0. The predicted octanol–water partition coefficient (Wildman–Crippen LogP) is 3.87. The van der Waals surface area contributed by atoms with Gasteiger partial charge in [-0.1, -0.05) is 30.3 Å². The Kier molecular flexibility index (Phi) is 8.53. The Morgan fingerprint density at radius 3 is 1.87 bits per heavy atom. The first-order valence-corrected chi connectivity index (χ1v) is 9.96. The molecule has 0 aliphatic heterocycles. The molecule has 162 valence electrons. The van der Waals surface area contributed by atoms with Crippen LogP contribution in [0.3, 0.4) is 0 Å². The number of likely N-dealkylation sites (N-methyl/N-ethyl adjacent to an activating group) is 1. The molecule has 1 atom stereocenters. The highest BCUT2D eigenvalue weighted by Crippen LogP contribution is 2.39. The fourth-order valence-corrected chi connectivity index (χ4v) is 2.80. The lowest BCUT2D eigenvalue weighted by molar-refractivity contribution is -0.138. The summed E-state index contributed by atoms with van der Waals surface area (Å²) >= 11 is 0. The van der Waals surface area contributed by atoms with Crippen LogP contribution in [0, 0.1) is 0 Å². The van der Waals surface area contributed by atoms with Crippen molar-refractivity contribution in [2.45, 2.75) is 26.9 Å². The summed E-state index contributed by atoms with van der Waals surface area (Å²) < 4.78 is 22.6.